The van der Waals surface area contributed by atoms with E-state index in [-0.39, 0.29) is 11.0 Å². The van der Waals surface area contributed by atoms with Gasteiger partial charge < -0.3 is 11.2 Å². The van der Waals surface area contributed by atoms with Crippen LogP contribution in [0.25, 0.3) is 0 Å². The molecule has 4 N–H and O–H groups in total. The van der Waals surface area contributed by atoms with Crippen LogP contribution in [0.5, 0.6) is 0 Å². The van der Waals surface area contributed by atoms with Gasteiger partial charge in [-0.15, -0.1) is 0 Å². The first-order valence-electron chi connectivity index (χ1n) is 12.5. The molecule has 2 nitrogen and oxygen atoms in total. The third kappa shape index (κ3) is 20.5. The predicted octanol–water partition coefficient (Wildman–Crippen LogP) is 8.11. The molecule has 0 aromatic rings. The summed E-state index contributed by atoms with van der Waals surface area (Å²) in [5, 5.41) is 0. The largest absolute Gasteiger partial charge is 0.412 e. The van der Waals surface area contributed by atoms with Crippen molar-refractivity contribution >= 4 is 0 Å². The molecular formula is C25H55NO. The van der Waals surface area contributed by atoms with E-state index < -0.39 is 0 Å². The minimum absolute atomic E-state index is 0. The second kappa shape index (κ2) is 22.2. The molecule has 166 valence electrons. The Morgan fingerprint density at radius 1 is 0.407 bits per heavy atom. The van der Waals surface area contributed by atoms with Crippen molar-refractivity contribution in [2.24, 2.45) is 5.73 Å². The van der Waals surface area contributed by atoms with Crippen molar-refractivity contribution in [1.82, 2.24) is 0 Å². The highest BCUT2D eigenvalue weighted by Crippen LogP contribution is 2.27. The maximum atomic E-state index is 6.92. The van der Waals surface area contributed by atoms with Crippen molar-refractivity contribution in [3.8, 4) is 0 Å². The molecular weight excluding hydrogens is 330 g/mol. The summed E-state index contributed by atoms with van der Waals surface area (Å²) in [6.45, 7) is 6.89. The maximum Gasteiger partial charge on any atom is 0.0154 e. The minimum Gasteiger partial charge on any atom is -0.412 e. The van der Waals surface area contributed by atoms with Crippen molar-refractivity contribution in [3.63, 3.8) is 0 Å². The van der Waals surface area contributed by atoms with Gasteiger partial charge in [-0.05, 0) is 19.3 Å². The minimum atomic E-state index is 0. The second-order valence-electron chi connectivity index (χ2n) is 8.92. The lowest BCUT2D eigenvalue weighted by atomic mass is 9.82. The highest BCUT2D eigenvalue weighted by molar-refractivity contribution is 4.84. The van der Waals surface area contributed by atoms with Gasteiger partial charge in [0.05, 0.1) is 0 Å². The highest BCUT2D eigenvalue weighted by Gasteiger charge is 2.23. The van der Waals surface area contributed by atoms with E-state index >= 15 is 0 Å². The SMILES string of the molecule is CCCCCCCCC(N)(CCCCCCCC)CCCCCCCC.O. The summed E-state index contributed by atoms with van der Waals surface area (Å²) in [4.78, 5) is 0. The lowest BCUT2D eigenvalue weighted by Crippen LogP contribution is -2.39. The van der Waals surface area contributed by atoms with Crippen molar-refractivity contribution in [2.45, 2.75) is 161 Å². The molecule has 0 amide bonds. The first kappa shape index (κ1) is 29.1. The Hall–Kier alpha value is -0.0800. The molecule has 0 aliphatic carbocycles. The summed E-state index contributed by atoms with van der Waals surface area (Å²) in [5.41, 5.74) is 7.06. The van der Waals surface area contributed by atoms with Crippen LogP contribution in [0, 0.1) is 0 Å². The summed E-state index contributed by atoms with van der Waals surface area (Å²) >= 11 is 0. The summed E-state index contributed by atoms with van der Waals surface area (Å²) in [7, 11) is 0. The lowest BCUT2D eigenvalue weighted by molar-refractivity contribution is 0.302. The van der Waals surface area contributed by atoms with Crippen LogP contribution < -0.4 is 5.73 Å². The fourth-order valence-electron chi connectivity index (χ4n) is 4.15. The zero-order chi connectivity index (χ0) is 19.3. The van der Waals surface area contributed by atoms with E-state index in [1.54, 1.807) is 0 Å². The Morgan fingerprint density at radius 2 is 0.630 bits per heavy atom. The number of hydrogen-bond acceptors (Lipinski definition) is 1. The lowest BCUT2D eigenvalue weighted by Gasteiger charge is -2.30. The third-order valence-corrected chi connectivity index (χ3v) is 6.08. The van der Waals surface area contributed by atoms with Gasteiger partial charge in [-0.1, -0.05) is 136 Å². The van der Waals surface area contributed by atoms with Crippen LogP contribution in [0.15, 0.2) is 0 Å². The van der Waals surface area contributed by atoms with E-state index in [1.165, 1.54) is 135 Å². The van der Waals surface area contributed by atoms with E-state index in [9.17, 15) is 0 Å². The van der Waals surface area contributed by atoms with Gasteiger partial charge in [-0.25, -0.2) is 0 Å². The van der Waals surface area contributed by atoms with E-state index in [0.29, 0.717) is 0 Å². The molecule has 0 rings (SSSR count). The van der Waals surface area contributed by atoms with Gasteiger partial charge in [-0.3, -0.25) is 0 Å². The molecule has 0 saturated heterocycles. The van der Waals surface area contributed by atoms with Crippen LogP contribution >= 0.6 is 0 Å². The molecule has 0 aliphatic heterocycles. The van der Waals surface area contributed by atoms with Crippen LogP contribution in [-0.4, -0.2) is 11.0 Å². The Bertz CT molecular complexity index is 226. The average molecular weight is 386 g/mol. The van der Waals surface area contributed by atoms with Gasteiger partial charge in [0.25, 0.3) is 0 Å². The third-order valence-electron chi connectivity index (χ3n) is 6.08. The van der Waals surface area contributed by atoms with Crippen molar-refractivity contribution in [3.05, 3.63) is 0 Å². The molecule has 0 fully saturated rings. The van der Waals surface area contributed by atoms with E-state index in [0.717, 1.165) is 0 Å². The first-order valence-corrected chi connectivity index (χ1v) is 12.5. The zero-order valence-corrected chi connectivity index (χ0v) is 19.4. The molecule has 0 spiro atoms. The van der Waals surface area contributed by atoms with Gasteiger partial charge in [0.1, 0.15) is 0 Å². The maximum absolute atomic E-state index is 6.92. The van der Waals surface area contributed by atoms with Gasteiger partial charge in [-0.2, -0.15) is 0 Å². The first-order chi connectivity index (χ1) is 12.7. The second-order valence-corrected chi connectivity index (χ2v) is 8.92. The highest BCUT2D eigenvalue weighted by atomic mass is 16.0. The summed E-state index contributed by atoms with van der Waals surface area (Å²) < 4.78 is 0. The molecule has 0 aliphatic rings. The smallest absolute Gasteiger partial charge is 0.0154 e. The van der Waals surface area contributed by atoms with E-state index in [1.807, 2.05) is 0 Å². The van der Waals surface area contributed by atoms with Crippen molar-refractivity contribution in [2.75, 3.05) is 0 Å². The van der Waals surface area contributed by atoms with Crippen LogP contribution in [0.1, 0.15) is 156 Å². The fraction of sp³-hybridized carbons (Fsp3) is 1.00. The number of unbranched alkanes of at least 4 members (excludes halogenated alkanes) is 15. The number of hydrogen-bond donors (Lipinski definition) is 1. The van der Waals surface area contributed by atoms with E-state index in [2.05, 4.69) is 20.8 Å². The average Bonchev–Trinajstić information content (AvgIpc) is 2.64. The quantitative estimate of drug-likeness (QED) is 0.199. The van der Waals surface area contributed by atoms with Gasteiger partial charge in [0, 0.05) is 5.54 Å². The summed E-state index contributed by atoms with van der Waals surface area (Å²) in [6, 6.07) is 0. The van der Waals surface area contributed by atoms with Gasteiger partial charge in [0.2, 0.25) is 0 Å². The molecule has 2 heteroatoms. The molecule has 0 aromatic carbocycles. The number of rotatable bonds is 21. The molecule has 27 heavy (non-hydrogen) atoms. The summed E-state index contributed by atoms with van der Waals surface area (Å²) in [6.07, 6.45) is 28.8. The Balaban J connectivity index is 0. The molecule has 0 bridgehead atoms. The predicted molar refractivity (Wildman–Crippen MR) is 125 cm³/mol. The zero-order valence-electron chi connectivity index (χ0n) is 19.4. The van der Waals surface area contributed by atoms with Gasteiger partial charge >= 0.3 is 0 Å². The fourth-order valence-corrected chi connectivity index (χ4v) is 4.15. The van der Waals surface area contributed by atoms with Crippen molar-refractivity contribution < 1.29 is 5.48 Å². The number of nitrogens with two attached hydrogens (primary N) is 1. The molecule has 0 atom stereocenters. The Morgan fingerprint density at radius 3 is 0.889 bits per heavy atom. The topological polar surface area (TPSA) is 57.5 Å². The Kier molecular flexibility index (Phi) is 24.0. The van der Waals surface area contributed by atoms with Crippen LogP contribution in [0.2, 0.25) is 0 Å². The van der Waals surface area contributed by atoms with Crippen LogP contribution in [0.4, 0.5) is 0 Å². The van der Waals surface area contributed by atoms with Gasteiger partial charge in [0.15, 0.2) is 0 Å². The van der Waals surface area contributed by atoms with Crippen LogP contribution in [-0.2, 0) is 0 Å². The van der Waals surface area contributed by atoms with E-state index in [4.69, 9.17) is 5.73 Å². The normalized spacial score (nSPS) is 11.6. The molecule has 0 unspecified atom stereocenters. The molecule has 0 saturated carbocycles. The monoisotopic (exact) mass is 385 g/mol. The van der Waals surface area contributed by atoms with Crippen molar-refractivity contribution in [1.29, 1.82) is 0 Å². The summed E-state index contributed by atoms with van der Waals surface area (Å²) in [5.74, 6) is 0. The molecule has 0 radical (unpaired) electrons. The van der Waals surface area contributed by atoms with Crippen LogP contribution in [0.3, 0.4) is 0 Å². The molecule has 0 heterocycles. The standard InChI is InChI=1S/C25H53N.H2O/c1-4-7-10-13-16-19-22-25(26,23-20-17-14-11-8-5-2)24-21-18-15-12-9-6-3;/h4-24,26H2,1-3H3;1H2. The molecule has 0 aromatic heterocycles. The Labute approximate surface area is 172 Å².